The maximum Gasteiger partial charge on any atom is 0.301 e. The van der Waals surface area contributed by atoms with Gasteiger partial charge in [-0.1, -0.05) is 78.4 Å². The number of pyridine rings is 1. The van der Waals surface area contributed by atoms with Gasteiger partial charge >= 0.3 is 5.91 Å². The van der Waals surface area contributed by atoms with Gasteiger partial charge in [0.25, 0.3) is 5.78 Å². The Balaban J connectivity index is 1.40. The van der Waals surface area contributed by atoms with Gasteiger partial charge in [0.1, 0.15) is 17.1 Å². The number of anilines is 1. The average Bonchev–Trinajstić information content (AvgIpc) is 3.72. The van der Waals surface area contributed by atoms with Gasteiger partial charge in [0.15, 0.2) is 10.1 Å². The highest BCUT2D eigenvalue weighted by molar-refractivity contribution is 8.00. The van der Waals surface area contributed by atoms with E-state index >= 15 is 0 Å². The van der Waals surface area contributed by atoms with Gasteiger partial charge in [-0.15, -0.1) is 10.2 Å². The highest BCUT2D eigenvalue weighted by atomic mass is 35.5. The van der Waals surface area contributed by atoms with Crippen LogP contribution in [0.15, 0.2) is 76.8 Å². The van der Waals surface area contributed by atoms with Gasteiger partial charge in [-0.3, -0.25) is 14.5 Å². The number of ether oxygens (including phenoxy) is 1. The molecule has 4 heterocycles. The molecular weight excluding hydrogens is 630 g/mol. The molecule has 5 aromatic rings. The van der Waals surface area contributed by atoms with E-state index in [1.165, 1.54) is 28.0 Å². The van der Waals surface area contributed by atoms with Crippen LogP contribution in [0.2, 0.25) is 5.02 Å². The number of amides is 1. The molecule has 0 radical (unpaired) electrons. The molecule has 0 bridgehead atoms. The smallest absolute Gasteiger partial charge is 0.301 e. The molecule has 0 saturated carbocycles. The number of unbranched alkanes of at least 4 members (excludes halogenated alkanes) is 1. The normalized spacial score (nSPS) is 16.2. The average molecular weight is 660 g/mol. The van der Waals surface area contributed by atoms with Gasteiger partial charge in [-0.2, -0.15) is 0 Å². The van der Waals surface area contributed by atoms with Crippen molar-refractivity contribution in [2.75, 3.05) is 11.5 Å². The number of hydrogen-bond donors (Lipinski definition) is 1. The number of aliphatic hydroxyl groups excluding tert-OH is 1. The molecule has 1 unspecified atom stereocenters. The highest BCUT2D eigenvalue weighted by Gasteiger charge is 2.49. The number of benzene rings is 2. The number of carbonyl (C=O) groups excluding carboxylic acids is 2. The van der Waals surface area contributed by atoms with Crippen molar-refractivity contribution in [2.24, 2.45) is 0 Å². The van der Waals surface area contributed by atoms with Crippen LogP contribution in [0.5, 0.6) is 5.75 Å². The van der Waals surface area contributed by atoms with Crippen LogP contribution in [0.25, 0.3) is 11.4 Å². The number of Topliss-reactive ketones (excluding diaryl/α,β-unsaturated/α-hetero) is 1. The molecular formula is C33H30ClN5O4S2. The quantitative estimate of drug-likeness (QED) is 0.0409. The molecule has 230 valence electrons. The number of thioether (sulfide) groups is 1. The van der Waals surface area contributed by atoms with Crippen LogP contribution in [0, 0.1) is 13.8 Å². The van der Waals surface area contributed by atoms with E-state index in [1.807, 2.05) is 60.8 Å². The summed E-state index contributed by atoms with van der Waals surface area (Å²) < 4.78 is 8.33. The molecule has 45 heavy (non-hydrogen) atoms. The number of ketones is 1. The highest BCUT2D eigenvalue weighted by Crippen LogP contribution is 2.44. The van der Waals surface area contributed by atoms with Crippen molar-refractivity contribution in [2.45, 2.75) is 49.7 Å². The van der Waals surface area contributed by atoms with Gasteiger partial charge in [-0.25, -0.2) is 4.98 Å². The number of hydrogen-bond acceptors (Lipinski definition) is 9. The van der Waals surface area contributed by atoms with E-state index < -0.39 is 17.7 Å². The molecule has 3 aromatic heterocycles. The van der Waals surface area contributed by atoms with Crippen molar-refractivity contribution in [1.29, 1.82) is 0 Å². The molecule has 1 atom stereocenters. The topological polar surface area (TPSA) is 110 Å². The van der Waals surface area contributed by atoms with Crippen molar-refractivity contribution >= 4 is 62.9 Å². The van der Waals surface area contributed by atoms with Gasteiger partial charge in [0.05, 0.1) is 23.9 Å². The van der Waals surface area contributed by atoms with Crippen molar-refractivity contribution in [3.63, 3.8) is 0 Å². The fraction of sp³-hybridized carbons (Fsp3) is 0.242. The van der Waals surface area contributed by atoms with Gasteiger partial charge in [-0.05, 0) is 67.3 Å². The standard InChI is InChI=1S/C33H30ClN5O4S2/c1-4-5-17-43-24-14-10-22(11-15-24)27-25(28(40)26-20(3)38-16-6-7-19(2)30(38)35-26)29(41)31(42)39(27)32-36-37-33(45-32)44-18-21-8-12-23(34)13-9-21/h6-16,27,40H,4-5,17-18H2,1-3H3. The fourth-order valence-electron chi connectivity index (χ4n) is 5.18. The third-order valence-corrected chi connectivity index (χ3v) is 9.97. The number of imidazole rings is 1. The van der Waals surface area contributed by atoms with Crippen LogP contribution in [0.4, 0.5) is 5.13 Å². The van der Waals surface area contributed by atoms with Crippen LogP contribution in [0.1, 0.15) is 53.9 Å². The summed E-state index contributed by atoms with van der Waals surface area (Å²) in [5.74, 6) is -0.660. The monoisotopic (exact) mass is 659 g/mol. The summed E-state index contributed by atoms with van der Waals surface area (Å²) in [5, 5.41) is 21.3. The number of rotatable bonds is 10. The Bertz CT molecular complexity index is 1920. The zero-order chi connectivity index (χ0) is 31.7. The van der Waals surface area contributed by atoms with Crippen LogP contribution in [-0.4, -0.2) is 43.0 Å². The van der Waals surface area contributed by atoms with E-state index in [9.17, 15) is 14.7 Å². The van der Waals surface area contributed by atoms with E-state index in [0.29, 0.717) is 44.4 Å². The Morgan fingerprint density at radius 3 is 2.53 bits per heavy atom. The summed E-state index contributed by atoms with van der Waals surface area (Å²) in [6, 6.07) is 17.6. The van der Waals surface area contributed by atoms with Crippen molar-refractivity contribution in [1.82, 2.24) is 19.6 Å². The number of carbonyl (C=O) groups is 2. The Labute approximate surface area is 273 Å². The summed E-state index contributed by atoms with van der Waals surface area (Å²) in [4.78, 5) is 33.4. The molecule has 1 fully saturated rings. The number of aromatic nitrogens is 4. The molecule has 1 saturated heterocycles. The maximum absolute atomic E-state index is 13.7. The Morgan fingerprint density at radius 2 is 1.82 bits per heavy atom. The van der Waals surface area contributed by atoms with Crippen molar-refractivity contribution in [3.8, 4) is 5.75 Å². The lowest BCUT2D eigenvalue weighted by atomic mass is 9.96. The summed E-state index contributed by atoms with van der Waals surface area (Å²) in [6.45, 7) is 6.42. The molecule has 6 rings (SSSR count). The molecule has 0 aliphatic carbocycles. The molecule has 2 aromatic carbocycles. The fourth-order valence-corrected chi connectivity index (χ4v) is 7.13. The second-order valence-electron chi connectivity index (χ2n) is 10.6. The largest absolute Gasteiger partial charge is 0.505 e. The minimum absolute atomic E-state index is 0.0608. The Hall–Kier alpha value is -4.19. The van der Waals surface area contributed by atoms with E-state index in [0.717, 1.165) is 24.0 Å². The minimum Gasteiger partial charge on any atom is -0.505 e. The predicted octanol–water partition coefficient (Wildman–Crippen LogP) is 7.55. The molecule has 1 N–H and O–H groups in total. The number of fused-ring (bicyclic) bond motifs is 1. The van der Waals surface area contributed by atoms with Crippen LogP contribution < -0.4 is 9.64 Å². The summed E-state index contributed by atoms with van der Waals surface area (Å²) in [6.07, 6.45) is 3.78. The van der Waals surface area contributed by atoms with Crippen molar-refractivity contribution in [3.05, 3.63) is 106 Å². The molecule has 1 amide bonds. The third-order valence-electron chi connectivity index (χ3n) is 7.59. The van der Waals surface area contributed by atoms with Crippen LogP contribution in [0.3, 0.4) is 0 Å². The molecule has 1 aliphatic rings. The number of aryl methyl sites for hydroxylation is 2. The Kier molecular flexibility index (Phi) is 8.93. The molecule has 12 heteroatoms. The number of halogens is 1. The van der Waals surface area contributed by atoms with Crippen LogP contribution in [-0.2, 0) is 15.3 Å². The van der Waals surface area contributed by atoms with Gasteiger partial charge in [0.2, 0.25) is 5.13 Å². The number of nitrogens with zero attached hydrogens (tertiary/aromatic N) is 5. The summed E-state index contributed by atoms with van der Waals surface area (Å²) in [7, 11) is 0. The van der Waals surface area contributed by atoms with Crippen LogP contribution >= 0.6 is 34.7 Å². The first kappa shape index (κ1) is 30.8. The lowest BCUT2D eigenvalue weighted by molar-refractivity contribution is -0.132. The van der Waals surface area contributed by atoms with Gasteiger partial charge in [0, 0.05) is 17.0 Å². The Morgan fingerprint density at radius 1 is 1.07 bits per heavy atom. The zero-order valence-electron chi connectivity index (χ0n) is 24.9. The second kappa shape index (κ2) is 13.0. The SMILES string of the molecule is CCCCOc1ccc(C2C(=C(O)c3nc4c(C)cccn4c3C)C(=O)C(=O)N2c2nnc(SCc3ccc(Cl)cc3)s2)cc1. The zero-order valence-corrected chi connectivity index (χ0v) is 27.2. The third kappa shape index (κ3) is 6.07. The lowest BCUT2D eigenvalue weighted by Crippen LogP contribution is -2.29. The lowest BCUT2D eigenvalue weighted by Gasteiger charge is -2.22. The van der Waals surface area contributed by atoms with Crippen molar-refractivity contribution < 1.29 is 19.4 Å². The summed E-state index contributed by atoms with van der Waals surface area (Å²) >= 11 is 8.69. The minimum atomic E-state index is -0.956. The van der Waals surface area contributed by atoms with E-state index in [-0.39, 0.29) is 22.2 Å². The first-order valence-corrected chi connectivity index (χ1v) is 16.6. The maximum atomic E-state index is 13.7. The van der Waals surface area contributed by atoms with E-state index in [1.54, 1.807) is 24.3 Å². The first-order valence-electron chi connectivity index (χ1n) is 14.5. The predicted molar refractivity (Wildman–Crippen MR) is 177 cm³/mol. The van der Waals surface area contributed by atoms with E-state index in [4.69, 9.17) is 16.3 Å². The summed E-state index contributed by atoms with van der Waals surface area (Å²) in [5.41, 5.74) is 4.06. The first-order chi connectivity index (χ1) is 21.8. The molecule has 0 spiro atoms. The van der Waals surface area contributed by atoms with Gasteiger partial charge < -0.3 is 14.2 Å². The molecule has 1 aliphatic heterocycles. The second-order valence-corrected chi connectivity index (χ2v) is 13.3. The number of aliphatic hydroxyl groups is 1. The van der Waals surface area contributed by atoms with E-state index in [2.05, 4.69) is 22.1 Å². The molecule has 9 nitrogen and oxygen atoms in total.